The zero-order valence-electron chi connectivity index (χ0n) is 19.7. The number of nitrogens with one attached hydrogen (secondary N) is 1. The molecule has 2 aliphatic rings. The van der Waals surface area contributed by atoms with Gasteiger partial charge in [-0.15, -0.1) is 0 Å². The van der Waals surface area contributed by atoms with Crippen LogP contribution in [0.3, 0.4) is 0 Å². The third-order valence-electron chi connectivity index (χ3n) is 6.53. The van der Waals surface area contributed by atoms with Gasteiger partial charge in [-0.1, -0.05) is 60.7 Å². The largest absolute Gasteiger partial charge is 0.480 e. The highest BCUT2D eigenvalue weighted by molar-refractivity contribution is 7.98. The molecular formula is C27H30N2O5S. The topological polar surface area (TPSA) is 95.9 Å². The van der Waals surface area contributed by atoms with Gasteiger partial charge in [0.1, 0.15) is 13.2 Å². The van der Waals surface area contributed by atoms with Gasteiger partial charge in [-0.3, -0.25) is 9.59 Å². The molecule has 0 saturated carbocycles. The van der Waals surface area contributed by atoms with Crippen molar-refractivity contribution in [2.45, 2.75) is 24.8 Å². The average molecular weight is 495 g/mol. The van der Waals surface area contributed by atoms with Crippen LogP contribution in [0.5, 0.6) is 0 Å². The van der Waals surface area contributed by atoms with Crippen LogP contribution in [0.2, 0.25) is 0 Å². The van der Waals surface area contributed by atoms with Crippen LogP contribution in [0.15, 0.2) is 60.7 Å². The Morgan fingerprint density at radius 2 is 1.74 bits per heavy atom. The molecule has 7 nitrogen and oxygen atoms in total. The number of allylic oxidation sites excluding steroid dienone is 1. The summed E-state index contributed by atoms with van der Waals surface area (Å²) in [6.07, 6.45) is 6.06. The quantitative estimate of drug-likeness (QED) is 0.509. The number of hydrogen-bond acceptors (Lipinski definition) is 5. The Hall–Kier alpha value is -3.26. The lowest BCUT2D eigenvalue weighted by Crippen LogP contribution is -2.44. The van der Waals surface area contributed by atoms with E-state index < -0.39 is 12.1 Å². The van der Waals surface area contributed by atoms with Gasteiger partial charge >= 0.3 is 12.1 Å². The van der Waals surface area contributed by atoms with Crippen LogP contribution < -0.4 is 5.32 Å². The zero-order valence-corrected chi connectivity index (χ0v) is 20.5. The Labute approximate surface area is 209 Å². The molecule has 2 aromatic rings. The van der Waals surface area contributed by atoms with Gasteiger partial charge < -0.3 is 20.1 Å². The fourth-order valence-electron chi connectivity index (χ4n) is 4.88. The second kappa shape index (κ2) is 11.4. The number of benzene rings is 2. The Bertz CT molecular complexity index is 1070. The minimum atomic E-state index is -1.03. The molecule has 184 valence electrons. The lowest BCUT2D eigenvalue weighted by atomic mass is 9.90. The van der Waals surface area contributed by atoms with Crippen LogP contribution in [-0.4, -0.2) is 65.7 Å². The third kappa shape index (κ3) is 5.88. The number of carbonyl (C=O) groups excluding carboxylic acids is 2. The van der Waals surface area contributed by atoms with Crippen molar-refractivity contribution < 1.29 is 24.2 Å². The molecule has 2 unspecified atom stereocenters. The maximum absolute atomic E-state index is 13.0. The third-order valence-corrected chi connectivity index (χ3v) is 7.12. The number of fused-ring (bicyclic) bond motifs is 3. The molecule has 0 aromatic heterocycles. The van der Waals surface area contributed by atoms with Gasteiger partial charge in [-0.05, 0) is 41.4 Å². The zero-order chi connectivity index (χ0) is 24.8. The second-order valence-electron chi connectivity index (χ2n) is 8.82. The maximum Gasteiger partial charge on any atom is 0.407 e. The van der Waals surface area contributed by atoms with Gasteiger partial charge in [0.05, 0.1) is 6.04 Å². The molecule has 8 heteroatoms. The minimum Gasteiger partial charge on any atom is -0.480 e. The first-order valence-electron chi connectivity index (χ1n) is 11.8. The van der Waals surface area contributed by atoms with Gasteiger partial charge in [0, 0.05) is 24.1 Å². The van der Waals surface area contributed by atoms with Crippen molar-refractivity contribution in [1.82, 2.24) is 10.2 Å². The summed E-state index contributed by atoms with van der Waals surface area (Å²) in [7, 11) is 0. The number of carbonyl (C=O) groups is 3. The number of amides is 2. The summed E-state index contributed by atoms with van der Waals surface area (Å²) in [4.78, 5) is 38.2. The fraction of sp³-hybridized carbons (Fsp3) is 0.370. The number of hydrogen-bond donors (Lipinski definition) is 2. The summed E-state index contributed by atoms with van der Waals surface area (Å²) < 4.78 is 5.63. The van der Waals surface area contributed by atoms with E-state index in [1.165, 1.54) is 16.0 Å². The molecule has 2 aromatic carbocycles. The van der Waals surface area contributed by atoms with Crippen molar-refractivity contribution in [3.05, 3.63) is 71.8 Å². The van der Waals surface area contributed by atoms with Gasteiger partial charge in [0.25, 0.3) is 0 Å². The predicted octanol–water partition coefficient (Wildman–Crippen LogP) is 4.14. The average Bonchev–Trinajstić information content (AvgIpc) is 3.18. The molecule has 0 heterocycles. The number of alkyl carbamates (subject to hydrolysis) is 1. The van der Waals surface area contributed by atoms with E-state index in [0.29, 0.717) is 25.1 Å². The van der Waals surface area contributed by atoms with E-state index in [1.807, 2.05) is 42.7 Å². The molecule has 4 rings (SSSR count). The molecule has 35 heavy (non-hydrogen) atoms. The lowest BCUT2D eigenvalue weighted by molar-refractivity contribution is -0.146. The summed E-state index contributed by atoms with van der Waals surface area (Å²) >= 11 is 1.56. The maximum atomic E-state index is 13.0. The van der Waals surface area contributed by atoms with E-state index in [4.69, 9.17) is 4.74 Å². The molecular weight excluding hydrogens is 464 g/mol. The van der Waals surface area contributed by atoms with Crippen LogP contribution in [0.1, 0.15) is 29.9 Å². The number of thioether (sulfide) groups is 1. The van der Waals surface area contributed by atoms with Crippen molar-refractivity contribution in [3.63, 3.8) is 0 Å². The summed E-state index contributed by atoms with van der Waals surface area (Å²) in [6.45, 7) is 0.292. The number of nitrogens with zero attached hydrogens (tertiary/aromatic N) is 1. The summed E-state index contributed by atoms with van der Waals surface area (Å²) in [5.74, 6) is -0.946. The van der Waals surface area contributed by atoms with Crippen LogP contribution in [-0.2, 0) is 14.3 Å². The molecule has 0 fully saturated rings. The van der Waals surface area contributed by atoms with Crippen LogP contribution in [0, 0.1) is 5.92 Å². The Morgan fingerprint density at radius 1 is 1.09 bits per heavy atom. The van der Waals surface area contributed by atoms with E-state index >= 15 is 0 Å². The SMILES string of the molecule is CSCCN(CC(=O)O)C(=O)C1CC=CC(NC(=O)OCC2c3ccccc3-c3ccccc32)C1. The molecule has 2 atom stereocenters. The first-order valence-corrected chi connectivity index (χ1v) is 13.1. The van der Waals surface area contributed by atoms with Crippen molar-refractivity contribution in [3.8, 4) is 11.1 Å². The van der Waals surface area contributed by atoms with Gasteiger partial charge in [0.15, 0.2) is 0 Å². The van der Waals surface area contributed by atoms with Gasteiger partial charge in [-0.2, -0.15) is 11.8 Å². The molecule has 2 aliphatic carbocycles. The summed E-state index contributed by atoms with van der Waals surface area (Å²) in [5, 5.41) is 12.0. The molecule has 0 bridgehead atoms. The summed E-state index contributed by atoms with van der Waals surface area (Å²) in [6, 6.07) is 16.0. The first kappa shape index (κ1) is 24.9. The van der Waals surface area contributed by atoms with E-state index in [2.05, 4.69) is 29.6 Å². The molecule has 2 amide bonds. The number of carboxylic acids is 1. The molecule has 0 spiro atoms. The minimum absolute atomic E-state index is 0.0228. The van der Waals surface area contributed by atoms with E-state index in [1.54, 1.807) is 11.8 Å². The highest BCUT2D eigenvalue weighted by Gasteiger charge is 2.31. The van der Waals surface area contributed by atoms with Crippen molar-refractivity contribution in [1.29, 1.82) is 0 Å². The molecule has 0 saturated heterocycles. The number of aliphatic carboxylic acids is 1. The fourth-order valence-corrected chi connectivity index (χ4v) is 5.28. The van der Waals surface area contributed by atoms with Crippen LogP contribution in [0.25, 0.3) is 11.1 Å². The Morgan fingerprint density at radius 3 is 2.37 bits per heavy atom. The first-order chi connectivity index (χ1) is 17.0. The highest BCUT2D eigenvalue weighted by Crippen LogP contribution is 2.44. The monoisotopic (exact) mass is 494 g/mol. The predicted molar refractivity (Wildman–Crippen MR) is 136 cm³/mol. The van der Waals surface area contributed by atoms with Crippen molar-refractivity contribution in [2.75, 3.05) is 31.7 Å². The lowest BCUT2D eigenvalue weighted by Gasteiger charge is -2.29. The van der Waals surface area contributed by atoms with Crippen molar-refractivity contribution in [2.24, 2.45) is 5.92 Å². The number of rotatable bonds is 9. The Kier molecular flexibility index (Phi) is 8.13. The normalized spacial score (nSPS) is 18.4. The van der Waals surface area contributed by atoms with Crippen molar-refractivity contribution >= 4 is 29.7 Å². The Balaban J connectivity index is 1.34. The highest BCUT2D eigenvalue weighted by atomic mass is 32.2. The van der Waals surface area contributed by atoms with Gasteiger partial charge in [0.2, 0.25) is 5.91 Å². The van der Waals surface area contributed by atoms with E-state index in [-0.39, 0.29) is 36.9 Å². The standard InChI is InChI=1S/C27H30N2O5S/c1-35-14-13-29(16-25(30)31)26(32)18-7-6-8-19(15-18)28-27(33)34-17-24-22-11-4-2-9-20(22)21-10-3-5-12-23(21)24/h2-6,8-12,18-19,24H,7,13-17H2,1H3,(H,28,33)(H,30,31). The van der Waals surface area contributed by atoms with Crippen LogP contribution in [0.4, 0.5) is 4.79 Å². The summed E-state index contributed by atoms with van der Waals surface area (Å²) in [5.41, 5.74) is 4.63. The van der Waals surface area contributed by atoms with E-state index in [9.17, 15) is 19.5 Å². The van der Waals surface area contributed by atoms with E-state index in [0.717, 1.165) is 11.1 Å². The van der Waals surface area contributed by atoms with Crippen LogP contribution >= 0.6 is 11.8 Å². The van der Waals surface area contributed by atoms with Gasteiger partial charge in [-0.25, -0.2) is 4.79 Å². The number of ether oxygens (including phenoxy) is 1. The molecule has 0 aliphatic heterocycles. The molecule has 0 radical (unpaired) electrons. The molecule has 2 N–H and O–H groups in total. The number of carboxylic acid groups (broad SMARTS) is 1. The second-order valence-corrected chi connectivity index (χ2v) is 9.80. The smallest absolute Gasteiger partial charge is 0.407 e.